The van der Waals surface area contributed by atoms with Crippen molar-refractivity contribution in [3.63, 3.8) is 0 Å². The highest BCUT2D eigenvalue weighted by atomic mass is 16.3. The van der Waals surface area contributed by atoms with Gasteiger partial charge in [0.2, 0.25) is 0 Å². The molecule has 1 saturated carbocycles. The summed E-state index contributed by atoms with van der Waals surface area (Å²) in [4.78, 5) is 4.08. The molecule has 17 heavy (non-hydrogen) atoms. The van der Waals surface area contributed by atoms with Gasteiger partial charge in [0, 0.05) is 12.6 Å². The normalized spacial score (nSPS) is 21.1. The average Bonchev–Trinajstić information content (AvgIpc) is 2.33. The van der Waals surface area contributed by atoms with Gasteiger partial charge in [-0.2, -0.15) is 0 Å². The zero-order valence-electron chi connectivity index (χ0n) is 10.5. The molecule has 3 nitrogen and oxygen atoms in total. The first kappa shape index (κ1) is 12.4. The smallest absolute Gasteiger partial charge is 0.126 e. The predicted octanol–water partition coefficient (Wildman–Crippen LogP) is 2.54. The summed E-state index contributed by atoms with van der Waals surface area (Å²) in [6.07, 6.45) is 8.35. The van der Waals surface area contributed by atoms with Crippen LogP contribution in [0.1, 0.15) is 44.6 Å². The Labute approximate surface area is 103 Å². The fourth-order valence-corrected chi connectivity index (χ4v) is 2.85. The van der Waals surface area contributed by atoms with Crippen molar-refractivity contribution >= 4 is 5.82 Å². The molecule has 0 aromatic carbocycles. The van der Waals surface area contributed by atoms with E-state index in [0.717, 1.165) is 18.4 Å². The zero-order chi connectivity index (χ0) is 12.3. The molecule has 1 heterocycles. The Kier molecular flexibility index (Phi) is 3.67. The van der Waals surface area contributed by atoms with E-state index >= 15 is 0 Å². The molecule has 0 amide bonds. The summed E-state index contributed by atoms with van der Waals surface area (Å²) in [6, 6.07) is 3.84. The highest BCUT2D eigenvalue weighted by Gasteiger charge is 2.33. The second-order valence-corrected chi connectivity index (χ2v) is 5.42. The maximum Gasteiger partial charge on any atom is 0.126 e. The van der Waals surface area contributed by atoms with Crippen LogP contribution < -0.4 is 5.73 Å². The highest BCUT2D eigenvalue weighted by molar-refractivity contribution is 5.39. The van der Waals surface area contributed by atoms with Crippen LogP contribution in [0.5, 0.6) is 0 Å². The molecule has 3 N–H and O–H groups in total. The predicted molar refractivity (Wildman–Crippen MR) is 69.6 cm³/mol. The van der Waals surface area contributed by atoms with E-state index in [1.54, 1.807) is 6.20 Å². The summed E-state index contributed by atoms with van der Waals surface area (Å²) in [5.74, 6) is 0.944. The summed E-state index contributed by atoms with van der Waals surface area (Å²) in [6.45, 7) is 1.94. The fraction of sp³-hybridized carbons (Fsp3) is 0.643. The van der Waals surface area contributed by atoms with Crippen molar-refractivity contribution < 1.29 is 5.11 Å². The molecule has 3 heteroatoms. The number of anilines is 1. The zero-order valence-corrected chi connectivity index (χ0v) is 10.5. The monoisotopic (exact) mass is 234 g/mol. The number of nitrogens with zero attached hydrogens (tertiary/aromatic N) is 1. The van der Waals surface area contributed by atoms with Gasteiger partial charge in [-0.15, -0.1) is 0 Å². The van der Waals surface area contributed by atoms with Crippen molar-refractivity contribution in [1.82, 2.24) is 4.98 Å². The Morgan fingerprint density at radius 1 is 1.41 bits per heavy atom. The van der Waals surface area contributed by atoms with Crippen LogP contribution in [0.25, 0.3) is 0 Å². The summed E-state index contributed by atoms with van der Waals surface area (Å²) >= 11 is 0. The number of rotatable bonds is 3. The van der Waals surface area contributed by atoms with Gasteiger partial charge in [0.05, 0.1) is 5.60 Å². The number of nitrogen functional groups attached to an aromatic ring is 1. The summed E-state index contributed by atoms with van der Waals surface area (Å²) in [5, 5.41) is 10.6. The topological polar surface area (TPSA) is 59.1 Å². The van der Waals surface area contributed by atoms with Crippen molar-refractivity contribution in [2.45, 2.75) is 51.0 Å². The number of aliphatic hydroxyl groups is 1. The molecule has 0 spiro atoms. The van der Waals surface area contributed by atoms with Gasteiger partial charge in [-0.1, -0.05) is 25.3 Å². The Morgan fingerprint density at radius 2 is 2.12 bits per heavy atom. The minimum Gasteiger partial charge on any atom is -0.390 e. The van der Waals surface area contributed by atoms with Gasteiger partial charge in [0.25, 0.3) is 0 Å². The molecular weight excluding hydrogens is 212 g/mol. The van der Waals surface area contributed by atoms with Gasteiger partial charge in [0.15, 0.2) is 0 Å². The molecule has 0 bridgehead atoms. The standard InChI is InChI=1S/C14H22N2O/c1-14(17,12-7-3-2-4-8-12)10-11-6-5-9-16-13(11)15/h5-6,9,12,17H,2-4,7-8,10H2,1H3,(H2,15,16). The van der Waals surface area contributed by atoms with Gasteiger partial charge in [0.1, 0.15) is 5.82 Å². The molecule has 0 radical (unpaired) electrons. The van der Waals surface area contributed by atoms with E-state index in [9.17, 15) is 5.11 Å². The summed E-state index contributed by atoms with van der Waals surface area (Å²) in [5.41, 5.74) is 6.14. The second-order valence-electron chi connectivity index (χ2n) is 5.42. The van der Waals surface area contributed by atoms with Crippen LogP contribution in [-0.2, 0) is 6.42 Å². The number of hydrogen-bond donors (Lipinski definition) is 2. The minimum absolute atomic E-state index is 0.399. The van der Waals surface area contributed by atoms with Crippen molar-refractivity contribution in [2.24, 2.45) is 5.92 Å². The van der Waals surface area contributed by atoms with Crippen molar-refractivity contribution in [1.29, 1.82) is 0 Å². The van der Waals surface area contributed by atoms with E-state index in [2.05, 4.69) is 4.98 Å². The molecule has 1 aromatic rings. The molecule has 1 unspecified atom stereocenters. The van der Waals surface area contributed by atoms with Gasteiger partial charge in [-0.3, -0.25) is 0 Å². The number of hydrogen-bond acceptors (Lipinski definition) is 3. The molecule has 0 saturated heterocycles. The SMILES string of the molecule is CC(O)(Cc1cccnc1N)C1CCCCC1. The molecular formula is C14H22N2O. The van der Waals surface area contributed by atoms with Crippen LogP contribution in [0.4, 0.5) is 5.82 Å². The fourth-order valence-electron chi connectivity index (χ4n) is 2.85. The van der Waals surface area contributed by atoms with Crippen LogP contribution >= 0.6 is 0 Å². The van der Waals surface area contributed by atoms with Crippen LogP contribution in [0.2, 0.25) is 0 Å². The molecule has 1 aliphatic rings. The minimum atomic E-state index is -0.655. The number of nitrogens with two attached hydrogens (primary N) is 1. The molecule has 1 fully saturated rings. The highest BCUT2D eigenvalue weighted by Crippen LogP contribution is 2.35. The molecule has 0 aliphatic heterocycles. The molecule has 1 aromatic heterocycles. The van der Waals surface area contributed by atoms with E-state index in [4.69, 9.17) is 5.73 Å². The lowest BCUT2D eigenvalue weighted by molar-refractivity contribution is -0.0158. The lowest BCUT2D eigenvalue weighted by Gasteiger charge is -2.35. The van der Waals surface area contributed by atoms with Crippen LogP contribution in [0.15, 0.2) is 18.3 Å². The van der Waals surface area contributed by atoms with Crippen molar-refractivity contribution in [3.05, 3.63) is 23.9 Å². The van der Waals surface area contributed by atoms with Gasteiger partial charge in [-0.25, -0.2) is 4.98 Å². The van der Waals surface area contributed by atoms with E-state index in [0.29, 0.717) is 18.2 Å². The third-order valence-corrected chi connectivity index (χ3v) is 3.96. The van der Waals surface area contributed by atoms with Gasteiger partial charge >= 0.3 is 0 Å². The Bertz CT molecular complexity index is 370. The maximum atomic E-state index is 10.6. The van der Waals surface area contributed by atoms with Crippen LogP contribution in [0, 0.1) is 5.92 Å². The quantitative estimate of drug-likeness (QED) is 0.845. The molecule has 2 rings (SSSR count). The third-order valence-electron chi connectivity index (χ3n) is 3.96. The first-order chi connectivity index (χ1) is 8.09. The lowest BCUT2D eigenvalue weighted by Crippen LogP contribution is -2.38. The van der Waals surface area contributed by atoms with Crippen molar-refractivity contribution in [3.8, 4) is 0 Å². The Morgan fingerprint density at radius 3 is 2.76 bits per heavy atom. The largest absolute Gasteiger partial charge is 0.390 e. The summed E-state index contributed by atoms with van der Waals surface area (Å²) < 4.78 is 0. The van der Waals surface area contributed by atoms with E-state index in [1.807, 2.05) is 19.1 Å². The van der Waals surface area contributed by atoms with E-state index in [1.165, 1.54) is 19.3 Å². The first-order valence-corrected chi connectivity index (χ1v) is 6.51. The molecule has 94 valence electrons. The maximum absolute atomic E-state index is 10.6. The van der Waals surface area contributed by atoms with Crippen LogP contribution in [0.3, 0.4) is 0 Å². The number of aromatic nitrogens is 1. The van der Waals surface area contributed by atoms with Crippen molar-refractivity contribution in [2.75, 3.05) is 5.73 Å². The number of pyridine rings is 1. The lowest BCUT2D eigenvalue weighted by atomic mass is 9.75. The third kappa shape index (κ3) is 2.97. The second kappa shape index (κ2) is 5.05. The molecule has 1 atom stereocenters. The van der Waals surface area contributed by atoms with E-state index in [-0.39, 0.29) is 0 Å². The Balaban J connectivity index is 2.08. The van der Waals surface area contributed by atoms with Gasteiger partial charge in [-0.05, 0) is 37.3 Å². The average molecular weight is 234 g/mol. The Hall–Kier alpha value is -1.09. The summed E-state index contributed by atoms with van der Waals surface area (Å²) in [7, 11) is 0. The first-order valence-electron chi connectivity index (χ1n) is 6.51. The van der Waals surface area contributed by atoms with E-state index < -0.39 is 5.60 Å². The van der Waals surface area contributed by atoms with Crippen LogP contribution in [-0.4, -0.2) is 15.7 Å². The van der Waals surface area contributed by atoms with Gasteiger partial charge < -0.3 is 10.8 Å². The molecule has 1 aliphatic carbocycles.